The van der Waals surface area contributed by atoms with Gasteiger partial charge in [0, 0.05) is 30.9 Å². The van der Waals surface area contributed by atoms with Crippen LogP contribution >= 0.6 is 11.3 Å². The predicted molar refractivity (Wildman–Crippen MR) is 72.9 cm³/mol. The van der Waals surface area contributed by atoms with Crippen molar-refractivity contribution in [1.82, 2.24) is 14.8 Å². The molecular weight excluding hydrogens is 264 g/mol. The zero-order chi connectivity index (χ0) is 13.2. The van der Waals surface area contributed by atoms with Crippen LogP contribution in [0.1, 0.15) is 10.6 Å². The van der Waals surface area contributed by atoms with Gasteiger partial charge in [-0.05, 0) is 0 Å². The molecule has 1 amide bonds. The molecule has 0 bridgehead atoms. The Hall–Kier alpha value is -1.18. The van der Waals surface area contributed by atoms with Crippen LogP contribution in [0.4, 0.5) is 5.13 Å². The summed E-state index contributed by atoms with van der Waals surface area (Å²) in [5.41, 5.74) is 6.69. The van der Waals surface area contributed by atoms with Gasteiger partial charge in [0.15, 0.2) is 5.13 Å². The molecule has 0 aromatic carbocycles. The molecule has 0 saturated carbocycles. The molecular formula is C12H18N4O2S. The van der Waals surface area contributed by atoms with Crippen molar-refractivity contribution in [2.75, 3.05) is 45.1 Å². The second-order valence-electron chi connectivity index (χ2n) is 4.88. The molecule has 1 aromatic rings. The van der Waals surface area contributed by atoms with Gasteiger partial charge in [-0.25, -0.2) is 4.98 Å². The number of ether oxygens (including phenoxy) is 1. The molecule has 2 N–H and O–H groups in total. The highest BCUT2D eigenvalue weighted by Gasteiger charge is 2.25. The lowest BCUT2D eigenvalue weighted by molar-refractivity contribution is -0.134. The molecule has 1 fully saturated rings. The Labute approximate surface area is 116 Å². The van der Waals surface area contributed by atoms with Gasteiger partial charge in [0.05, 0.1) is 32.0 Å². The number of anilines is 1. The summed E-state index contributed by atoms with van der Waals surface area (Å²) in [5.74, 6) is 0.180. The third-order valence-electron chi connectivity index (χ3n) is 3.56. The number of carbonyl (C=O) groups excluding carboxylic acids is 1. The third kappa shape index (κ3) is 2.88. The second-order valence-corrected chi connectivity index (χ2v) is 5.99. The first-order valence-electron chi connectivity index (χ1n) is 6.54. The van der Waals surface area contributed by atoms with E-state index in [1.807, 2.05) is 4.90 Å². The molecule has 2 aliphatic heterocycles. The van der Waals surface area contributed by atoms with Crippen molar-refractivity contribution < 1.29 is 9.53 Å². The van der Waals surface area contributed by atoms with E-state index in [0.29, 0.717) is 18.2 Å². The standard InChI is InChI=1S/C12H18N4O2S/c13-12-14-9-7-16(2-1-10(9)19-12)11(17)8-15-3-5-18-6-4-15/h1-8H2,(H2,13,14). The van der Waals surface area contributed by atoms with Gasteiger partial charge in [0.1, 0.15) is 0 Å². The summed E-state index contributed by atoms with van der Waals surface area (Å²) in [6.45, 7) is 4.99. The minimum Gasteiger partial charge on any atom is -0.379 e. The van der Waals surface area contributed by atoms with Gasteiger partial charge in [-0.2, -0.15) is 0 Å². The fourth-order valence-electron chi connectivity index (χ4n) is 2.48. The fourth-order valence-corrected chi connectivity index (χ4v) is 3.31. The highest BCUT2D eigenvalue weighted by Crippen LogP contribution is 2.26. The number of amides is 1. The summed E-state index contributed by atoms with van der Waals surface area (Å²) in [5, 5.41) is 0.604. The normalized spacial score (nSPS) is 20.3. The second kappa shape index (κ2) is 5.44. The van der Waals surface area contributed by atoms with Crippen LogP contribution in [-0.2, 0) is 22.5 Å². The van der Waals surface area contributed by atoms with Crippen LogP contribution in [0.25, 0.3) is 0 Å². The Kier molecular flexibility index (Phi) is 3.67. The van der Waals surface area contributed by atoms with Gasteiger partial charge < -0.3 is 15.4 Å². The van der Waals surface area contributed by atoms with Gasteiger partial charge in [-0.1, -0.05) is 0 Å². The van der Waals surface area contributed by atoms with E-state index >= 15 is 0 Å². The summed E-state index contributed by atoms with van der Waals surface area (Å²) in [6, 6.07) is 0. The van der Waals surface area contributed by atoms with Crippen molar-refractivity contribution in [3.63, 3.8) is 0 Å². The van der Waals surface area contributed by atoms with Crippen molar-refractivity contribution in [3.05, 3.63) is 10.6 Å². The van der Waals surface area contributed by atoms with Gasteiger partial charge in [-0.15, -0.1) is 11.3 Å². The van der Waals surface area contributed by atoms with Gasteiger partial charge in [-0.3, -0.25) is 9.69 Å². The zero-order valence-electron chi connectivity index (χ0n) is 10.8. The molecule has 7 heteroatoms. The predicted octanol–water partition coefficient (Wildman–Crippen LogP) is -0.0578. The number of nitrogens with two attached hydrogens (primary N) is 1. The van der Waals surface area contributed by atoms with Gasteiger partial charge in [0.25, 0.3) is 0 Å². The summed E-state index contributed by atoms with van der Waals surface area (Å²) in [4.78, 5) is 21.8. The monoisotopic (exact) mass is 282 g/mol. The minimum absolute atomic E-state index is 0.180. The Morgan fingerprint density at radius 2 is 2.16 bits per heavy atom. The molecule has 0 unspecified atom stereocenters. The molecule has 0 atom stereocenters. The van der Waals surface area contributed by atoms with Crippen LogP contribution in [0.3, 0.4) is 0 Å². The molecule has 104 valence electrons. The van der Waals surface area contributed by atoms with Crippen LogP contribution < -0.4 is 5.73 Å². The molecule has 0 aliphatic carbocycles. The number of nitrogens with zero attached hydrogens (tertiary/aromatic N) is 3. The van der Waals surface area contributed by atoms with Crippen LogP contribution in [0.5, 0.6) is 0 Å². The van der Waals surface area contributed by atoms with Crippen LogP contribution in [0.2, 0.25) is 0 Å². The van der Waals surface area contributed by atoms with Crippen LogP contribution in [0.15, 0.2) is 0 Å². The van der Waals surface area contributed by atoms with E-state index in [1.165, 1.54) is 4.88 Å². The molecule has 0 radical (unpaired) electrons. The fraction of sp³-hybridized carbons (Fsp3) is 0.667. The number of fused-ring (bicyclic) bond motifs is 1. The molecule has 6 nitrogen and oxygen atoms in total. The number of hydrogen-bond donors (Lipinski definition) is 1. The summed E-state index contributed by atoms with van der Waals surface area (Å²) in [7, 11) is 0. The minimum atomic E-state index is 0.180. The molecule has 2 aliphatic rings. The summed E-state index contributed by atoms with van der Waals surface area (Å²) in [6.07, 6.45) is 0.874. The summed E-state index contributed by atoms with van der Waals surface area (Å²) >= 11 is 1.54. The quantitative estimate of drug-likeness (QED) is 0.823. The van der Waals surface area contributed by atoms with Crippen molar-refractivity contribution in [1.29, 1.82) is 0 Å². The van der Waals surface area contributed by atoms with E-state index < -0.39 is 0 Å². The van der Waals surface area contributed by atoms with Gasteiger partial charge in [0.2, 0.25) is 5.91 Å². The molecule has 0 spiro atoms. The van der Waals surface area contributed by atoms with E-state index in [4.69, 9.17) is 10.5 Å². The van der Waals surface area contributed by atoms with Crippen LogP contribution in [-0.4, -0.2) is 60.1 Å². The Morgan fingerprint density at radius 1 is 1.37 bits per heavy atom. The maximum absolute atomic E-state index is 12.3. The number of morpholine rings is 1. The highest BCUT2D eigenvalue weighted by molar-refractivity contribution is 7.15. The highest BCUT2D eigenvalue weighted by atomic mass is 32.1. The number of aromatic nitrogens is 1. The number of carbonyl (C=O) groups is 1. The zero-order valence-corrected chi connectivity index (χ0v) is 11.6. The molecule has 19 heavy (non-hydrogen) atoms. The number of hydrogen-bond acceptors (Lipinski definition) is 6. The smallest absolute Gasteiger partial charge is 0.237 e. The maximum Gasteiger partial charge on any atom is 0.237 e. The van der Waals surface area contributed by atoms with Crippen molar-refractivity contribution >= 4 is 22.4 Å². The lowest BCUT2D eigenvalue weighted by atomic mass is 10.2. The Bertz CT molecular complexity index is 470. The lowest BCUT2D eigenvalue weighted by Gasteiger charge is -2.31. The first-order valence-corrected chi connectivity index (χ1v) is 7.36. The Balaban J connectivity index is 1.59. The van der Waals surface area contributed by atoms with Crippen molar-refractivity contribution in [2.24, 2.45) is 0 Å². The van der Waals surface area contributed by atoms with E-state index in [1.54, 1.807) is 11.3 Å². The van der Waals surface area contributed by atoms with E-state index in [0.717, 1.165) is 45.0 Å². The topological polar surface area (TPSA) is 71.7 Å². The van der Waals surface area contributed by atoms with E-state index in [9.17, 15) is 4.79 Å². The van der Waals surface area contributed by atoms with Crippen LogP contribution in [0, 0.1) is 0 Å². The molecule has 3 heterocycles. The largest absolute Gasteiger partial charge is 0.379 e. The van der Waals surface area contributed by atoms with Crippen molar-refractivity contribution in [3.8, 4) is 0 Å². The average molecular weight is 282 g/mol. The molecule has 1 aromatic heterocycles. The van der Waals surface area contributed by atoms with Crippen molar-refractivity contribution in [2.45, 2.75) is 13.0 Å². The average Bonchev–Trinajstić information content (AvgIpc) is 2.78. The Morgan fingerprint density at radius 3 is 2.95 bits per heavy atom. The number of rotatable bonds is 2. The van der Waals surface area contributed by atoms with E-state index in [-0.39, 0.29) is 5.91 Å². The first-order chi connectivity index (χ1) is 9.22. The number of nitrogen functional groups attached to an aromatic ring is 1. The number of thiazole rings is 1. The maximum atomic E-state index is 12.3. The molecule has 3 rings (SSSR count). The first kappa shape index (κ1) is 12.8. The molecule has 1 saturated heterocycles. The summed E-state index contributed by atoms with van der Waals surface area (Å²) < 4.78 is 5.29. The SMILES string of the molecule is Nc1nc2c(s1)CCN(C(=O)CN1CCOCC1)C2. The third-order valence-corrected chi connectivity index (χ3v) is 4.55. The van der Waals surface area contributed by atoms with E-state index in [2.05, 4.69) is 9.88 Å². The lowest BCUT2D eigenvalue weighted by Crippen LogP contribution is -2.46. The van der Waals surface area contributed by atoms with Gasteiger partial charge >= 0.3 is 0 Å².